The van der Waals surface area contributed by atoms with Crippen molar-refractivity contribution in [3.63, 3.8) is 0 Å². The molecule has 0 aliphatic heterocycles. The molecule has 3 rings (SSSR count). The summed E-state index contributed by atoms with van der Waals surface area (Å²) in [4.78, 5) is 12.5. The van der Waals surface area contributed by atoms with E-state index in [1.54, 1.807) is 24.3 Å². The number of nitrogen functional groups attached to an aromatic ring is 1. The Morgan fingerprint density at radius 2 is 1.65 bits per heavy atom. The minimum absolute atomic E-state index is 0.0690. The van der Waals surface area contributed by atoms with Crippen molar-refractivity contribution in [2.24, 2.45) is 0 Å². The summed E-state index contributed by atoms with van der Waals surface area (Å²) < 4.78 is 0. The Labute approximate surface area is 155 Å². The van der Waals surface area contributed by atoms with E-state index in [0.29, 0.717) is 16.3 Å². The molecule has 8 heteroatoms. The molecule has 130 valence electrons. The van der Waals surface area contributed by atoms with Crippen LogP contribution in [0.4, 0.5) is 29.2 Å². The average molecular weight is 366 g/mol. The van der Waals surface area contributed by atoms with Gasteiger partial charge in [-0.25, -0.2) is 0 Å². The van der Waals surface area contributed by atoms with Crippen molar-refractivity contribution < 1.29 is 0 Å². The second kappa shape index (κ2) is 7.25. The van der Waals surface area contributed by atoms with Crippen LogP contribution < -0.4 is 16.4 Å². The third-order valence-electron chi connectivity index (χ3n) is 3.59. The monoisotopic (exact) mass is 365 g/mol. The zero-order chi connectivity index (χ0) is 18.7. The minimum Gasteiger partial charge on any atom is -0.368 e. The molecule has 0 saturated carbocycles. The Balaban J connectivity index is 1.87. The third kappa shape index (κ3) is 3.99. The number of anilines is 5. The van der Waals surface area contributed by atoms with Gasteiger partial charge in [0.05, 0.1) is 22.3 Å². The molecule has 0 bridgehead atoms. The molecule has 0 saturated heterocycles. The van der Waals surface area contributed by atoms with Gasteiger partial charge in [0.2, 0.25) is 17.8 Å². The summed E-state index contributed by atoms with van der Waals surface area (Å²) in [6, 6.07) is 12.8. The molecule has 0 aliphatic carbocycles. The fraction of sp³-hybridized carbons (Fsp3) is 0.111. The Morgan fingerprint density at radius 1 is 1.00 bits per heavy atom. The number of rotatable bonds is 4. The highest BCUT2D eigenvalue weighted by Gasteiger charge is 2.10. The van der Waals surface area contributed by atoms with Crippen LogP contribution in [0.1, 0.15) is 16.7 Å². The quantitative estimate of drug-likeness (QED) is 0.638. The van der Waals surface area contributed by atoms with E-state index >= 15 is 0 Å². The van der Waals surface area contributed by atoms with Gasteiger partial charge in [-0.2, -0.15) is 20.2 Å². The molecule has 0 atom stereocenters. The predicted molar refractivity (Wildman–Crippen MR) is 103 cm³/mol. The van der Waals surface area contributed by atoms with Gasteiger partial charge in [-0.05, 0) is 55.3 Å². The standard InChI is InChI=1S/C18H16ClN7/c1-10-7-11(2)15(14(19)8-10)23-18-25-16(21)24-17(26-18)22-13-5-3-12(9-20)4-6-13/h3-8H,1-2H3,(H4,21,22,23,24,25,26). The molecule has 0 fully saturated rings. The molecule has 0 radical (unpaired) electrons. The van der Waals surface area contributed by atoms with Gasteiger partial charge in [-0.15, -0.1) is 0 Å². The largest absolute Gasteiger partial charge is 0.368 e. The molecular formula is C18H16ClN7. The summed E-state index contributed by atoms with van der Waals surface area (Å²) >= 11 is 6.32. The number of halogens is 1. The number of nitrogens with one attached hydrogen (secondary N) is 2. The Kier molecular flexibility index (Phi) is 4.87. The highest BCUT2D eigenvalue weighted by Crippen LogP contribution is 2.29. The van der Waals surface area contributed by atoms with Gasteiger partial charge < -0.3 is 16.4 Å². The molecule has 7 nitrogen and oxygen atoms in total. The van der Waals surface area contributed by atoms with Gasteiger partial charge in [-0.3, -0.25) is 0 Å². The Hall–Kier alpha value is -3.37. The summed E-state index contributed by atoms with van der Waals surface area (Å²) in [5, 5.41) is 15.6. The van der Waals surface area contributed by atoms with E-state index in [1.807, 2.05) is 26.0 Å². The number of nitrogens with two attached hydrogens (primary N) is 1. The van der Waals surface area contributed by atoms with Crippen molar-refractivity contribution in [2.45, 2.75) is 13.8 Å². The fourth-order valence-corrected chi connectivity index (χ4v) is 2.82. The molecule has 1 heterocycles. The number of hydrogen-bond donors (Lipinski definition) is 3. The van der Waals surface area contributed by atoms with Crippen molar-refractivity contribution in [2.75, 3.05) is 16.4 Å². The molecular weight excluding hydrogens is 350 g/mol. The SMILES string of the molecule is Cc1cc(C)c(Nc2nc(N)nc(Nc3ccc(C#N)cc3)n2)c(Cl)c1. The lowest BCUT2D eigenvalue weighted by atomic mass is 10.1. The van der Waals surface area contributed by atoms with Crippen molar-refractivity contribution in [3.8, 4) is 6.07 Å². The first-order valence-electron chi connectivity index (χ1n) is 7.77. The van der Waals surface area contributed by atoms with Crippen LogP contribution in [-0.4, -0.2) is 15.0 Å². The summed E-state index contributed by atoms with van der Waals surface area (Å²) in [6.45, 7) is 3.92. The Morgan fingerprint density at radius 3 is 2.27 bits per heavy atom. The zero-order valence-corrected chi connectivity index (χ0v) is 15.0. The van der Waals surface area contributed by atoms with Crippen molar-refractivity contribution >= 4 is 40.8 Å². The zero-order valence-electron chi connectivity index (χ0n) is 14.2. The Bertz CT molecular complexity index is 970. The molecule has 4 N–H and O–H groups in total. The van der Waals surface area contributed by atoms with Crippen LogP contribution >= 0.6 is 11.6 Å². The van der Waals surface area contributed by atoms with Crippen molar-refractivity contribution in [1.82, 2.24) is 15.0 Å². The number of benzene rings is 2. The van der Waals surface area contributed by atoms with Crippen LogP contribution in [0.15, 0.2) is 36.4 Å². The van der Waals surface area contributed by atoms with E-state index in [1.165, 1.54) is 0 Å². The first kappa shape index (κ1) is 17.5. The van der Waals surface area contributed by atoms with Gasteiger partial charge in [-0.1, -0.05) is 17.7 Å². The number of nitrogens with zero attached hydrogens (tertiary/aromatic N) is 4. The van der Waals surface area contributed by atoms with Gasteiger partial charge in [0.15, 0.2) is 0 Å². The van der Waals surface area contributed by atoms with Gasteiger partial charge in [0.1, 0.15) is 0 Å². The third-order valence-corrected chi connectivity index (χ3v) is 3.89. The first-order chi connectivity index (χ1) is 12.4. The predicted octanol–water partition coefficient (Wildman–Crippen LogP) is 4.08. The molecule has 2 aromatic carbocycles. The van der Waals surface area contributed by atoms with Gasteiger partial charge >= 0.3 is 0 Å². The second-order valence-electron chi connectivity index (χ2n) is 5.72. The maximum absolute atomic E-state index is 8.85. The highest BCUT2D eigenvalue weighted by molar-refractivity contribution is 6.33. The average Bonchev–Trinajstić information content (AvgIpc) is 2.58. The molecule has 0 unspecified atom stereocenters. The summed E-state index contributed by atoms with van der Waals surface area (Å²) in [6.07, 6.45) is 0. The van der Waals surface area contributed by atoms with Gasteiger partial charge in [0, 0.05) is 5.69 Å². The molecule has 3 aromatic rings. The molecule has 0 aliphatic rings. The van der Waals surface area contributed by atoms with Crippen LogP contribution in [0.2, 0.25) is 5.02 Å². The van der Waals surface area contributed by atoms with Crippen LogP contribution in [0.25, 0.3) is 0 Å². The van der Waals surface area contributed by atoms with Crippen LogP contribution in [0.5, 0.6) is 0 Å². The maximum atomic E-state index is 8.85. The van der Waals surface area contributed by atoms with Crippen LogP contribution in [-0.2, 0) is 0 Å². The number of nitriles is 1. The maximum Gasteiger partial charge on any atom is 0.233 e. The normalized spacial score (nSPS) is 10.2. The molecule has 26 heavy (non-hydrogen) atoms. The first-order valence-corrected chi connectivity index (χ1v) is 8.15. The second-order valence-corrected chi connectivity index (χ2v) is 6.13. The number of aromatic nitrogens is 3. The van der Waals surface area contributed by atoms with E-state index < -0.39 is 0 Å². The molecule has 0 spiro atoms. The van der Waals surface area contributed by atoms with Crippen LogP contribution in [0.3, 0.4) is 0 Å². The lowest BCUT2D eigenvalue weighted by Crippen LogP contribution is -2.07. The lowest BCUT2D eigenvalue weighted by Gasteiger charge is -2.12. The highest BCUT2D eigenvalue weighted by atomic mass is 35.5. The van der Waals surface area contributed by atoms with Crippen molar-refractivity contribution in [1.29, 1.82) is 5.26 Å². The number of aryl methyl sites for hydroxylation is 2. The van der Waals surface area contributed by atoms with E-state index in [9.17, 15) is 0 Å². The minimum atomic E-state index is 0.0690. The summed E-state index contributed by atoms with van der Waals surface area (Å²) in [5.74, 6) is 0.632. The van der Waals surface area contributed by atoms with E-state index in [-0.39, 0.29) is 17.8 Å². The molecule has 0 amide bonds. The summed E-state index contributed by atoms with van der Waals surface area (Å²) in [7, 11) is 0. The smallest absolute Gasteiger partial charge is 0.233 e. The van der Waals surface area contributed by atoms with Crippen molar-refractivity contribution in [3.05, 3.63) is 58.1 Å². The summed E-state index contributed by atoms with van der Waals surface area (Å²) in [5.41, 5.74) is 9.84. The fourth-order valence-electron chi connectivity index (χ4n) is 2.45. The number of hydrogen-bond acceptors (Lipinski definition) is 7. The topological polar surface area (TPSA) is 113 Å². The van der Waals surface area contributed by atoms with E-state index in [4.69, 9.17) is 22.6 Å². The lowest BCUT2D eigenvalue weighted by molar-refractivity contribution is 1.07. The van der Waals surface area contributed by atoms with Gasteiger partial charge in [0.25, 0.3) is 0 Å². The molecule has 1 aromatic heterocycles. The van der Waals surface area contributed by atoms with E-state index in [0.717, 1.165) is 16.8 Å². The van der Waals surface area contributed by atoms with E-state index in [2.05, 4.69) is 31.7 Å². The van der Waals surface area contributed by atoms with Crippen LogP contribution in [0, 0.1) is 25.2 Å².